The van der Waals surface area contributed by atoms with Crippen LogP contribution in [0, 0.1) is 0 Å². The van der Waals surface area contributed by atoms with Gasteiger partial charge in [0, 0.05) is 49.8 Å². The Kier molecular flexibility index (Phi) is 6.07. The Morgan fingerprint density at radius 2 is 2.07 bits per heavy atom. The summed E-state index contributed by atoms with van der Waals surface area (Å²) in [6.07, 6.45) is 2.72. The molecule has 0 radical (unpaired) electrons. The van der Waals surface area contributed by atoms with E-state index < -0.39 is 0 Å². The number of hydrogen-bond donors (Lipinski definition) is 0. The molecule has 144 valence electrons. The first-order valence-corrected chi connectivity index (χ1v) is 10.5. The van der Waals surface area contributed by atoms with E-state index in [1.165, 1.54) is 11.3 Å². The highest BCUT2D eigenvalue weighted by atomic mass is 32.1. The van der Waals surface area contributed by atoms with Gasteiger partial charge in [-0.1, -0.05) is 12.1 Å². The van der Waals surface area contributed by atoms with Crippen LogP contribution in [-0.2, 0) is 11.3 Å². The topological polar surface area (TPSA) is 42.0 Å². The maximum atomic E-state index is 12.9. The zero-order valence-electron chi connectivity index (χ0n) is 15.5. The zero-order valence-corrected chi connectivity index (χ0v) is 16.3. The van der Waals surface area contributed by atoms with Crippen molar-refractivity contribution >= 4 is 17.2 Å². The van der Waals surface area contributed by atoms with E-state index in [-0.39, 0.29) is 5.91 Å². The molecule has 2 aromatic rings. The van der Waals surface area contributed by atoms with E-state index >= 15 is 0 Å². The third-order valence-electron chi connectivity index (χ3n) is 5.19. The smallest absolute Gasteiger partial charge is 0.254 e. The van der Waals surface area contributed by atoms with Crippen LogP contribution >= 0.6 is 11.3 Å². The van der Waals surface area contributed by atoms with Crippen LogP contribution in [0.15, 0.2) is 41.8 Å². The van der Waals surface area contributed by atoms with E-state index in [9.17, 15) is 4.79 Å². The van der Waals surface area contributed by atoms with Gasteiger partial charge in [-0.15, -0.1) is 11.3 Å². The van der Waals surface area contributed by atoms with Gasteiger partial charge in [0.2, 0.25) is 0 Å². The van der Waals surface area contributed by atoms with Gasteiger partial charge in [-0.05, 0) is 42.5 Å². The molecule has 0 aliphatic carbocycles. The first kappa shape index (κ1) is 18.5. The summed E-state index contributed by atoms with van der Waals surface area (Å²) in [5.41, 5.74) is 0.700. The molecule has 0 spiro atoms. The van der Waals surface area contributed by atoms with Crippen molar-refractivity contribution in [1.82, 2.24) is 9.80 Å². The maximum absolute atomic E-state index is 12.9. The van der Waals surface area contributed by atoms with Crippen molar-refractivity contribution in [3.8, 4) is 5.75 Å². The summed E-state index contributed by atoms with van der Waals surface area (Å²) in [5, 5.41) is 2.04. The Morgan fingerprint density at radius 1 is 1.19 bits per heavy atom. The fourth-order valence-electron chi connectivity index (χ4n) is 3.66. The molecule has 1 aromatic carbocycles. The molecule has 1 amide bonds. The lowest BCUT2D eigenvalue weighted by Gasteiger charge is -2.35. The average Bonchev–Trinajstić information content (AvgIpc) is 3.41. The second kappa shape index (κ2) is 8.87. The SMILES string of the molecule is O=C(c1cccc(OCc2cccs2)c1)N1CCN(CC2CCCO2)CC1. The van der Waals surface area contributed by atoms with Crippen molar-refractivity contribution in [2.24, 2.45) is 0 Å². The van der Waals surface area contributed by atoms with Gasteiger partial charge in [-0.25, -0.2) is 0 Å². The number of piperazine rings is 1. The highest BCUT2D eigenvalue weighted by Crippen LogP contribution is 2.19. The Hall–Kier alpha value is -1.89. The molecule has 0 N–H and O–H groups in total. The lowest BCUT2D eigenvalue weighted by Crippen LogP contribution is -2.50. The molecule has 3 heterocycles. The lowest BCUT2D eigenvalue weighted by atomic mass is 10.1. The maximum Gasteiger partial charge on any atom is 0.254 e. The number of nitrogens with zero attached hydrogens (tertiary/aromatic N) is 2. The van der Waals surface area contributed by atoms with E-state index in [2.05, 4.69) is 11.0 Å². The van der Waals surface area contributed by atoms with Crippen LogP contribution in [0.2, 0.25) is 0 Å². The molecule has 4 rings (SSSR count). The second-order valence-corrected chi connectivity index (χ2v) is 8.16. The monoisotopic (exact) mass is 386 g/mol. The normalized spacial score (nSPS) is 20.7. The van der Waals surface area contributed by atoms with Crippen molar-refractivity contribution in [1.29, 1.82) is 0 Å². The van der Waals surface area contributed by atoms with E-state index in [1.54, 1.807) is 11.3 Å². The summed E-state index contributed by atoms with van der Waals surface area (Å²) in [4.78, 5) is 18.4. The summed E-state index contributed by atoms with van der Waals surface area (Å²) in [6.45, 7) is 5.80. The highest BCUT2D eigenvalue weighted by molar-refractivity contribution is 7.09. The van der Waals surface area contributed by atoms with E-state index in [0.717, 1.165) is 51.5 Å². The molecule has 6 heteroatoms. The summed E-state index contributed by atoms with van der Waals surface area (Å²) >= 11 is 1.67. The predicted molar refractivity (Wildman–Crippen MR) is 106 cm³/mol. The second-order valence-electron chi connectivity index (χ2n) is 7.12. The van der Waals surface area contributed by atoms with Crippen molar-refractivity contribution in [3.63, 3.8) is 0 Å². The van der Waals surface area contributed by atoms with Gasteiger partial charge in [0.05, 0.1) is 6.10 Å². The first-order chi connectivity index (χ1) is 13.3. The summed E-state index contributed by atoms with van der Waals surface area (Å²) in [6, 6.07) is 11.6. The zero-order chi connectivity index (χ0) is 18.5. The minimum absolute atomic E-state index is 0.0911. The molecule has 5 nitrogen and oxygen atoms in total. The van der Waals surface area contributed by atoms with E-state index in [4.69, 9.17) is 9.47 Å². The lowest BCUT2D eigenvalue weighted by molar-refractivity contribution is 0.0432. The molecule has 1 aromatic heterocycles. The summed E-state index contributed by atoms with van der Waals surface area (Å²) < 4.78 is 11.6. The van der Waals surface area contributed by atoms with Gasteiger partial charge in [-0.3, -0.25) is 9.69 Å². The Balaban J connectivity index is 1.29. The van der Waals surface area contributed by atoms with Crippen molar-refractivity contribution in [3.05, 3.63) is 52.2 Å². The Labute approximate surface area is 164 Å². The van der Waals surface area contributed by atoms with Crippen LogP contribution in [0.25, 0.3) is 0 Å². The fraction of sp³-hybridized carbons (Fsp3) is 0.476. The molecule has 2 saturated heterocycles. The molecular formula is C21H26N2O3S. The number of amides is 1. The number of rotatable bonds is 6. The molecular weight excluding hydrogens is 360 g/mol. The van der Waals surface area contributed by atoms with Gasteiger partial charge in [0.25, 0.3) is 5.91 Å². The Morgan fingerprint density at radius 3 is 2.81 bits per heavy atom. The number of benzene rings is 1. The largest absolute Gasteiger partial charge is 0.488 e. The van der Waals surface area contributed by atoms with Gasteiger partial charge >= 0.3 is 0 Å². The third-order valence-corrected chi connectivity index (χ3v) is 6.04. The molecule has 2 aliphatic heterocycles. The number of carbonyl (C=O) groups is 1. The standard InChI is InChI=1S/C21H26N2O3S/c24-21(23-10-8-22(9-11-23)15-19-6-2-12-25-19)17-4-1-5-18(14-17)26-16-20-7-3-13-27-20/h1,3-5,7,13-14,19H,2,6,8-12,15-16H2. The van der Waals surface area contributed by atoms with Gasteiger partial charge in [-0.2, -0.15) is 0 Å². The van der Waals surface area contributed by atoms with Crippen LogP contribution in [0.3, 0.4) is 0 Å². The van der Waals surface area contributed by atoms with Crippen LogP contribution < -0.4 is 4.74 Å². The van der Waals surface area contributed by atoms with Crippen molar-refractivity contribution in [2.45, 2.75) is 25.6 Å². The molecule has 2 aliphatic rings. The first-order valence-electron chi connectivity index (χ1n) is 9.66. The molecule has 0 saturated carbocycles. The number of carbonyl (C=O) groups excluding carboxylic acids is 1. The van der Waals surface area contributed by atoms with Gasteiger partial charge in [0.15, 0.2) is 0 Å². The third kappa shape index (κ3) is 4.89. The fourth-order valence-corrected chi connectivity index (χ4v) is 4.28. The van der Waals surface area contributed by atoms with Gasteiger partial charge in [0.1, 0.15) is 12.4 Å². The van der Waals surface area contributed by atoms with Crippen LogP contribution in [0.1, 0.15) is 28.1 Å². The average molecular weight is 387 g/mol. The van der Waals surface area contributed by atoms with Crippen molar-refractivity contribution < 1.29 is 14.3 Å². The van der Waals surface area contributed by atoms with Crippen LogP contribution in [0.5, 0.6) is 5.75 Å². The molecule has 1 atom stereocenters. The molecule has 1 unspecified atom stereocenters. The quantitative estimate of drug-likeness (QED) is 0.764. The van der Waals surface area contributed by atoms with Gasteiger partial charge < -0.3 is 14.4 Å². The number of thiophene rings is 1. The van der Waals surface area contributed by atoms with E-state index in [1.807, 2.05) is 40.6 Å². The minimum Gasteiger partial charge on any atom is -0.488 e. The minimum atomic E-state index is 0.0911. The summed E-state index contributed by atoms with van der Waals surface area (Å²) in [7, 11) is 0. The summed E-state index contributed by atoms with van der Waals surface area (Å²) in [5.74, 6) is 0.833. The molecule has 0 bridgehead atoms. The van der Waals surface area contributed by atoms with Crippen LogP contribution in [0.4, 0.5) is 0 Å². The van der Waals surface area contributed by atoms with Crippen LogP contribution in [-0.4, -0.2) is 61.1 Å². The highest BCUT2D eigenvalue weighted by Gasteiger charge is 2.25. The number of hydrogen-bond acceptors (Lipinski definition) is 5. The molecule has 27 heavy (non-hydrogen) atoms. The predicted octanol–water partition coefficient (Wildman–Crippen LogP) is 3.26. The van der Waals surface area contributed by atoms with E-state index in [0.29, 0.717) is 18.3 Å². The Bertz CT molecular complexity index is 736. The van der Waals surface area contributed by atoms with Crippen molar-refractivity contribution in [2.75, 3.05) is 39.3 Å². The number of ether oxygens (including phenoxy) is 2. The molecule has 2 fully saturated rings.